The molecule has 0 bridgehead atoms. The van der Waals surface area contributed by atoms with E-state index in [-0.39, 0.29) is 0 Å². The minimum absolute atomic E-state index is 0.740. The first-order valence-electron chi connectivity index (χ1n) is 5.15. The molecule has 0 spiro atoms. The first-order valence-corrected chi connectivity index (χ1v) is 5.15. The highest BCUT2D eigenvalue weighted by Gasteiger charge is 2.11. The number of nitrogens with zero attached hydrogens (tertiary/aromatic N) is 2. The quantitative estimate of drug-likeness (QED) is 0.746. The molecule has 1 unspecified atom stereocenters. The van der Waals surface area contributed by atoms with Crippen molar-refractivity contribution in [3.05, 3.63) is 18.7 Å². The molecule has 76 valence electrons. The third-order valence-electron chi connectivity index (χ3n) is 2.55. The summed E-state index contributed by atoms with van der Waals surface area (Å²) in [5, 5.41) is 6.75. The second-order valence-electron chi connectivity index (χ2n) is 3.72. The van der Waals surface area contributed by atoms with E-state index in [0.29, 0.717) is 0 Å². The van der Waals surface area contributed by atoms with E-state index in [1.54, 1.807) is 6.33 Å². The Kier molecular flexibility index (Phi) is 3.29. The molecule has 1 saturated heterocycles. The van der Waals surface area contributed by atoms with Gasteiger partial charge in [-0.2, -0.15) is 0 Å². The Morgan fingerprint density at radius 1 is 1.43 bits per heavy atom. The van der Waals surface area contributed by atoms with Gasteiger partial charge in [-0.25, -0.2) is 9.97 Å². The van der Waals surface area contributed by atoms with E-state index in [4.69, 9.17) is 0 Å². The number of hydrogen-bond donors (Lipinski definition) is 2. The summed E-state index contributed by atoms with van der Waals surface area (Å²) >= 11 is 0. The fourth-order valence-electron chi connectivity index (χ4n) is 1.75. The lowest BCUT2D eigenvalue weighted by atomic mass is 10.00. The van der Waals surface area contributed by atoms with Gasteiger partial charge in [0.05, 0.1) is 18.1 Å². The molecule has 2 heterocycles. The molecule has 1 fully saturated rings. The first-order chi connectivity index (χ1) is 6.95. The molecular weight excluding hydrogens is 176 g/mol. The monoisotopic (exact) mass is 192 g/mol. The van der Waals surface area contributed by atoms with Crippen molar-refractivity contribution in [2.75, 3.05) is 25.0 Å². The van der Waals surface area contributed by atoms with Crippen LogP contribution in [0.15, 0.2) is 18.7 Å². The standard InChI is InChI=1S/C10H16N4/c1-2-9(4-11-3-1)5-14-10-6-12-8-13-7-10/h6-9,11,14H,1-5H2. The van der Waals surface area contributed by atoms with Crippen LogP contribution in [0.3, 0.4) is 0 Å². The molecule has 2 rings (SSSR count). The summed E-state index contributed by atoms with van der Waals surface area (Å²) in [6, 6.07) is 0. The minimum Gasteiger partial charge on any atom is -0.382 e. The van der Waals surface area contributed by atoms with Crippen molar-refractivity contribution >= 4 is 5.69 Å². The molecule has 1 atom stereocenters. The van der Waals surface area contributed by atoms with Crippen molar-refractivity contribution < 1.29 is 0 Å². The number of rotatable bonds is 3. The lowest BCUT2D eigenvalue weighted by molar-refractivity contribution is 0.393. The zero-order chi connectivity index (χ0) is 9.64. The number of nitrogens with one attached hydrogen (secondary N) is 2. The van der Waals surface area contributed by atoms with Crippen LogP contribution in [0.25, 0.3) is 0 Å². The van der Waals surface area contributed by atoms with E-state index in [2.05, 4.69) is 20.6 Å². The lowest BCUT2D eigenvalue weighted by Gasteiger charge is -2.23. The molecule has 4 nitrogen and oxygen atoms in total. The Morgan fingerprint density at radius 2 is 2.29 bits per heavy atom. The summed E-state index contributed by atoms with van der Waals surface area (Å²) in [5.41, 5.74) is 1.01. The predicted molar refractivity (Wildman–Crippen MR) is 56.1 cm³/mol. The fourth-order valence-corrected chi connectivity index (χ4v) is 1.75. The smallest absolute Gasteiger partial charge is 0.115 e. The Labute approximate surface area is 84.2 Å². The van der Waals surface area contributed by atoms with Crippen molar-refractivity contribution in [3.8, 4) is 0 Å². The maximum atomic E-state index is 3.96. The van der Waals surface area contributed by atoms with Gasteiger partial charge in [0.25, 0.3) is 0 Å². The number of hydrogen-bond acceptors (Lipinski definition) is 4. The van der Waals surface area contributed by atoms with Crippen LogP contribution in [0, 0.1) is 5.92 Å². The van der Waals surface area contributed by atoms with Crippen molar-refractivity contribution in [1.29, 1.82) is 0 Å². The third kappa shape index (κ3) is 2.67. The summed E-state index contributed by atoms with van der Waals surface area (Å²) in [6.45, 7) is 3.31. The van der Waals surface area contributed by atoms with Gasteiger partial charge in [-0.3, -0.25) is 0 Å². The molecule has 0 radical (unpaired) electrons. The number of anilines is 1. The van der Waals surface area contributed by atoms with E-state index in [0.717, 1.165) is 24.7 Å². The molecule has 1 aromatic heterocycles. The second-order valence-corrected chi connectivity index (χ2v) is 3.72. The molecule has 4 heteroatoms. The van der Waals surface area contributed by atoms with Gasteiger partial charge in [0.2, 0.25) is 0 Å². The van der Waals surface area contributed by atoms with Gasteiger partial charge in [-0.15, -0.1) is 0 Å². The molecule has 0 amide bonds. The summed E-state index contributed by atoms with van der Waals surface area (Å²) < 4.78 is 0. The summed E-state index contributed by atoms with van der Waals surface area (Å²) in [5.74, 6) is 0.740. The van der Waals surface area contributed by atoms with E-state index < -0.39 is 0 Å². The summed E-state index contributed by atoms with van der Waals surface area (Å²) in [7, 11) is 0. The van der Waals surface area contributed by atoms with Gasteiger partial charge < -0.3 is 10.6 Å². The highest BCUT2D eigenvalue weighted by molar-refractivity contribution is 5.36. The molecule has 0 aliphatic carbocycles. The van der Waals surface area contributed by atoms with Crippen LogP contribution >= 0.6 is 0 Å². The topological polar surface area (TPSA) is 49.8 Å². The van der Waals surface area contributed by atoms with E-state index in [1.807, 2.05) is 12.4 Å². The molecule has 14 heavy (non-hydrogen) atoms. The maximum Gasteiger partial charge on any atom is 0.115 e. The molecular formula is C10H16N4. The zero-order valence-corrected chi connectivity index (χ0v) is 8.24. The van der Waals surface area contributed by atoms with Crippen LogP contribution < -0.4 is 10.6 Å². The SMILES string of the molecule is c1ncc(NCC2CCCNC2)cn1. The average molecular weight is 192 g/mol. The Balaban J connectivity index is 1.76. The van der Waals surface area contributed by atoms with Gasteiger partial charge in [0.15, 0.2) is 0 Å². The highest BCUT2D eigenvalue weighted by atomic mass is 14.9. The molecule has 1 aliphatic rings. The van der Waals surface area contributed by atoms with Crippen molar-refractivity contribution in [3.63, 3.8) is 0 Å². The van der Waals surface area contributed by atoms with Crippen LogP contribution in [-0.2, 0) is 0 Å². The molecule has 1 aromatic rings. The highest BCUT2D eigenvalue weighted by Crippen LogP contribution is 2.11. The predicted octanol–water partition coefficient (Wildman–Crippen LogP) is 0.888. The Morgan fingerprint density at radius 3 is 3.00 bits per heavy atom. The van der Waals surface area contributed by atoms with E-state index in [9.17, 15) is 0 Å². The zero-order valence-electron chi connectivity index (χ0n) is 8.24. The van der Waals surface area contributed by atoms with Gasteiger partial charge in [0, 0.05) is 6.54 Å². The average Bonchev–Trinajstić information content (AvgIpc) is 2.29. The normalized spacial score (nSPS) is 21.9. The largest absolute Gasteiger partial charge is 0.382 e. The van der Waals surface area contributed by atoms with Crippen molar-refractivity contribution in [1.82, 2.24) is 15.3 Å². The molecule has 0 saturated carbocycles. The van der Waals surface area contributed by atoms with Crippen LogP contribution in [0.2, 0.25) is 0 Å². The second kappa shape index (κ2) is 4.91. The van der Waals surface area contributed by atoms with Crippen LogP contribution in [-0.4, -0.2) is 29.6 Å². The Bertz CT molecular complexity index is 256. The van der Waals surface area contributed by atoms with Crippen LogP contribution in [0.4, 0.5) is 5.69 Å². The van der Waals surface area contributed by atoms with Gasteiger partial charge >= 0.3 is 0 Å². The third-order valence-corrected chi connectivity index (χ3v) is 2.55. The fraction of sp³-hybridized carbons (Fsp3) is 0.600. The van der Waals surface area contributed by atoms with Crippen molar-refractivity contribution in [2.24, 2.45) is 5.92 Å². The van der Waals surface area contributed by atoms with Gasteiger partial charge in [-0.1, -0.05) is 0 Å². The Hall–Kier alpha value is -1.16. The van der Waals surface area contributed by atoms with E-state index in [1.165, 1.54) is 19.4 Å². The van der Waals surface area contributed by atoms with Crippen LogP contribution in [0.5, 0.6) is 0 Å². The number of aromatic nitrogens is 2. The summed E-state index contributed by atoms with van der Waals surface area (Å²) in [4.78, 5) is 7.92. The lowest BCUT2D eigenvalue weighted by Crippen LogP contribution is -2.33. The van der Waals surface area contributed by atoms with E-state index >= 15 is 0 Å². The molecule has 0 aromatic carbocycles. The molecule has 1 aliphatic heterocycles. The summed E-state index contributed by atoms with van der Waals surface area (Å²) in [6.07, 6.45) is 7.77. The minimum atomic E-state index is 0.740. The van der Waals surface area contributed by atoms with Crippen molar-refractivity contribution in [2.45, 2.75) is 12.8 Å². The maximum absolute atomic E-state index is 3.96. The van der Waals surface area contributed by atoms with Gasteiger partial charge in [-0.05, 0) is 31.8 Å². The van der Waals surface area contributed by atoms with Crippen LogP contribution in [0.1, 0.15) is 12.8 Å². The van der Waals surface area contributed by atoms with Gasteiger partial charge in [0.1, 0.15) is 6.33 Å². The number of piperidine rings is 1. The molecule has 2 N–H and O–H groups in total. The first kappa shape index (κ1) is 9.40.